The third kappa shape index (κ3) is 7.21. The van der Waals surface area contributed by atoms with E-state index >= 15 is 0 Å². The van der Waals surface area contributed by atoms with Gasteiger partial charge in [-0.25, -0.2) is 0 Å². The van der Waals surface area contributed by atoms with Gasteiger partial charge < -0.3 is 16.4 Å². The van der Waals surface area contributed by atoms with Gasteiger partial charge in [-0.3, -0.25) is 9.59 Å². The van der Waals surface area contributed by atoms with Crippen LogP contribution in [0.5, 0.6) is 0 Å². The topological polar surface area (TPSA) is 84.2 Å². The minimum Gasteiger partial charge on any atom is -0.393 e. The first-order chi connectivity index (χ1) is 8.38. The molecule has 4 N–H and O–H groups in total. The summed E-state index contributed by atoms with van der Waals surface area (Å²) in [4.78, 5) is 23.3. The molecule has 0 aliphatic heterocycles. The van der Waals surface area contributed by atoms with E-state index in [1.165, 1.54) is 0 Å². The molecule has 0 aliphatic carbocycles. The second-order valence-electron chi connectivity index (χ2n) is 4.51. The van der Waals surface area contributed by atoms with Crippen molar-refractivity contribution in [3.63, 3.8) is 0 Å². The van der Waals surface area contributed by atoms with Gasteiger partial charge in [0.15, 0.2) is 0 Å². The molecule has 0 rings (SSSR count). The molecule has 5 nitrogen and oxygen atoms in total. The Hall–Kier alpha value is -1.17. The Morgan fingerprint density at radius 1 is 1.33 bits per heavy atom. The molecule has 2 amide bonds. The third-order valence-electron chi connectivity index (χ3n) is 2.34. The number of carbonyl (C=O) groups is 2. The van der Waals surface area contributed by atoms with Gasteiger partial charge in [0, 0.05) is 19.0 Å². The Kier molecular flexibility index (Phi) is 8.28. The lowest BCUT2D eigenvalue weighted by molar-refractivity contribution is -0.123. The van der Waals surface area contributed by atoms with E-state index < -0.39 is 5.92 Å². The predicted molar refractivity (Wildman–Crippen MR) is 76.1 cm³/mol. The van der Waals surface area contributed by atoms with E-state index in [1.54, 1.807) is 0 Å². The highest BCUT2D eigenvalue weighted by molar-refractivity contribution is 7.80. The van der Waals surface area contributed by atoms with Gasteiger partial charge in [0.1, 0.15) is 0 Å². The molecule has 1 unspecified atom stereocenters. The van der Waals surface area contributed by atoms with E-state index in [4.69, 9.17) is 18.0 Å². The summed E-state index contributed by atoms with van der Waals surface area (Å²) in [5.74, 6) is -0.701. The van der Waals surface area contributed by atoms with Crippen molar-refractivity contribution in [3.05, 3.63) is 0 Å². The molecular weight excluding hydrogens is 250 g/mol. The summed E-state index contributed by atoms with van der Waals surface area (Å²) in [5.41, 5.74) is 5.51. The first-order valence-corrected chi connectivity index (χ1v) is 6.65. The summed E-state index contributed by atoms with van der Waals surface area (Å²) < 4.78 is 0. The molecule has 0 aliphatic rings. The van der Waals surface area contributed by atoms with Gasteiger partial charge in [0.05, 0.1) is 10.9 Å². The first kappa shape index (κ1) is 16.8. The van der Waals surface area contributed by atoms with Crippen LogP contribution in [0.25, 0.3) is 0 Å². The molecular formula is C12H23N3O2S. The van der Waals surface area contributed by atoms with Crippen molar-refractivity contribution in [1.82, 2.24) is 10.6 Å². The maximum Gasteiger partial charge on any atom is 0.229 e. The van der Waals surface area contributed by atoms with Crippen LogP contribution in [-0.2, 0) is 9.59 Å². The summed E-state index contributed by atoms with van der Waals surface area (Å²) in [5, 5.41) is 5.44. The molecule has 0 aromatic heterocycles. The molecule has 0 saturated carbocycles. The standard InChI is InChI=1S/C12H23N3O2S/c1-4-5-9(11(13)18)12(17)14-7-6-10(16)15-8(2)3/h8-9H,4-7H2,1-3H3,(H2,13,18)(H,14,17)(H,15,16). The Balaban J connectivity index is 4.01. The van der Waals surface area contributed by atoms with Crippen LogP contribution in [0.2, 0.25) is 0 Å². The normalized spacial score (nSPS) is 12.0. The van der Waals surface area contributed by atoms with Gasteiger partial charge in [0.2, 0.25) is 11.8 Å². The highest BCUT2D eigenvalue weighted by Crippen LogP contribution is 2.06. The summed E-state index contributed by atoms with van der Waals surface area (Å²) in [6.45, 7) is 6.05. The van der Waals surface area contributed by atoms with Gasteiger partial charge in [-0.15, -0.1) is 0 Å². The number of nitrogens with two attached hydrogens (primary N) is 1. The van der Waals surface area contributed by atoms with Crippen LogP contribution in [0.1, 0.15) is 40.0 Å². The molecule has 0 spiro atoms. The summed E-state index contributed by atoms with van der Waals surface area (Å²) in [6.07, 6.45) is 1.74. The largest absolute Gasteiger partial charge is 0.393 e. The molecule has 18 heavy (non-hydrogen) atoms. The van der Waals surface area contributed by atoms with E-state index in [0.717, 1.165) is 6.42 Å². The highest BCUT2D eigenvalue weighted by atomic mass is 32.1. The van der Waals surface area contributed by atoms with E-state index in [9.17, 15) is 9.59 Å². The quantitative estimate of drug-likeness (QED) is 0.569. The van der Waals surface area contributed by atoms with Crippen molar-refractivity contribution in [2.45, 2.75) is 46.1 Å². The van der Waals surface area contributed by atoms with Crippen LogP contribution in [0, 0.1) is 5.92 Å². The van der Waals surface area contributed by atoms with Gasteiger partial charge >= 0.3 is 0 Å². The Bertz CT molecular complexity index is 306. The number of nitrogens with one attached hydrogen (secondary N) is 2. The fourth-order valence-electron chi connectivity index (χ4n) is 1.51. The predicted octanol–water partition coefficient (Wildman–Crippen LogP) is 0.720. The number of hydrogen-bond donors (Lipinski definition) is 3. The second kappa shape index (κ2) is 8.85. The zero-order valence-corrected chi connectivity index (χ0v) is 12.1. The van der Waals surface area contributed by atoms with E-state index in [-0.39, 0.29) is 29.3 Å². The molecule has 6 heteroatoms. The van der Waals surface area contributed by atoms with Gasteiger partial charge in [-0.1, -0.05) is 25.6 Å². The van der Waals surface area contributed by atoms with Crippen LogP contribution in [0.15, 0.2) is 0 Å². The average Bonchev–Trinajstić information content (AvgIpc) is 2.23. The van der Waals surface area contributed by atoms with Gasteiger partial charge in [0.25, 0.3) is 0 Å². The number of thiocarbonyl (C=S) groups is 1. The lowest BCUT2D eigenvalue weighted by atomic mass is 10.0. The molecule has 0 saturated heterocycles. The number of hydrogen-bond acceptors (Lipinski definition) is 3. The van der Waals surface area contributed by atoms with Crippen molar-refractivity contribution in [2.24, 2.45) is 11.7 Å². The molecule has 0 aromatic rings. The molecule has 0 radical (unpaired) electrons. The number of carbonyl (C=O) groups excluding carboxylic acids is 2. The van der Waals surface area contributed by atoms with E-state index in [0.29, 0.717) is 13.0 Å². The van der Waals surface area contributed by atoms with E-state index in [2.05, 4.69) is 10.6 Å². The minimum absolute atomic E-state index is 0.0762. The van der Waals surface area contributed by atoms with Crippen molar-refractivity contribution in [3.8, 4) is 0 Å². The second-order valence-corrected chi connectivity index (χ2v) is 4.98. The average molecular weight is 273 g/mol. The third-order valence-corrected chi connectivity index (χ3v) is 2.62. The van der Waals surface area contributed by atoms with Crippen molar-refractivity contribution in [1.29, 1.82) is 0 Å². The van der Waals surface area contributed by atoms with Crippen LogP contribution < -0.4 is 16.4 Å². The first-order valence-electron chi connectivity index (χ1n) is 6.24. The van der Waals surface area contributed by atoms with Crippen molar-refractivity contribution >= 4 is 29.0 Å². The molecule has 0 bridgehead atoms. The SMILES string of the molecule is CCCC(C(=O)NCCC(=O)NC(C)C)C(N)=S. The van der Waals surface area contributed by atoms with Crippen LogP contribution in [0.3, 0.4) is 0 Å². The maximum absolute atomic E-state index is 11.8. The zero-order valence-electron chi connectivity index (χ0n) is 11.3. The lowest BCUT2D eigenvalue weighted by Crippen LogP contribution is -2.40. The number of rotatable bonds is 8. The Morgan fingerprint density at radius 2 is 1.94 bits per heavy atom. The van der Waals surface area contributed by atoms with Gasteiger partial charge in [-0.2, -0.15) is 0 Å². The Labute approximate surface area is 114 Å². The summed E-state index contributed by atoms with van der Waals surface area (Å²) in [7, 11) is 0. The fourth-order valence-corrected chi connectivity index (χ4v) is 1.73. The van der Waals surface area contributed by atoms with Gasteiger partial charge in [-0.05, 0) is 20.3 Å². The summed E-state index contributed by atoms with van der Waals surface area (Å²) >= 11 is 4.86. The summed E-state index contributed by atoms with van der Waals surface area (Å²) in [6, 6.07) is 0.109. The smallest absolute Gasteiger partial charge is 0.229 e. The van der Waals surface area contributed by atoms with Crippen molar-refractivity contribution < 1.29 is 9.59 Å². The maximum atomic E-state index is 11.8. The molecule has 0 aromatic carbocycles. The fraction of sp³-hybridized carbons (Fsp3) is 0.750. The van der Waals surface area contributed by atoms with E-state index in [1.807, 2.05) is 20.8 Å². The highest BCUT2D eigenvalue weighted by Gasteiger charge is 2.19. The monoisotopic (exact) mass is 273 g/mol. The molecule has 104 valence electrons. The molecule has 0 heterocycles. The van der Waals surface area contributed by atoms with Crippen molar-refractivity contribution in [2.75, 3.05) is 6.54 Å². The molecule has 0 fully saturated rings. The minimum atomic E-state index is -0.432. The van der Waals surface area contributed by atoms with Crippen LogP contribution in [-0.4, -0.2) is 29.4 Å². The number of amides is 2. The lowest BCUT2D eigenvalue weighted by Gasteiger charge is -2.14. The Morgan fingerprint density at radius 3 is 2.39 bits per heavy atom. The zero-order chi connectivity index (χ0) is 14.1. The molecule has 1 atom stereocenters. The van der Waals surface area contributed by atoms with Crippen LogP contribution in [0.4, 0.5) is 0 Å². The van der Waals surface area contributed by atoms with Crippen LogP contribution >= 0.6 is 12.2 Å².